The predicted octanol–water partition coefficient (Wildman–Crippen LogP) is 2.15. The molecule has 1 heterocycles. The standard InChI is InChI=1S/C19H32N4O2S/c1-20-19(21-8-5-13-26-4)23-11-9-22(10-12-23)15-16-6-7-17(24-2)18(14-16)25-3/h6-7,14H,5,8-13,15H2,1-4H3,(H,20,21). The third-order valence-corrected chi connectivity index (χ3v) is 5.24. The summed E-state index contributed by atoms with van der Waals surface area (Å²) in [6.07, 6.45) is 3.31. The smallest absolute Gasteiger partial charge is 0.193 e. The van der Waals surface area contributed by atoms with Crippen LogP contribution in [0, 0.1) is 0 Å². The highest BCUT2D eigenvalue weighted by Crippen LogP contribution is 2.28. The number of hydrogen-bond donors (Lipinski definition) is 1. The fraction of sp³-hybridized carbons (Fsp3) is 0.632. The molecule has 0 atom stereocenters. The molecule has 1 saturated heterocycles. The number of methoxy groups -OCH3 is 2. The Morgan fingerprint density at radius 1 is 1.15 bits per heavy atom. The summed E-state index contributed by atoms with van der Waals surface area (Å²) in [7, 11) is 5.21. The van der Waals surface area contributed by atoms with Gasteiger partial charge in [0.2, 0.25) is 0 Å². The van der Waals surface area contributed by atoms with Crippen molar-refractivity contribution in [2.45, 2.75) is 13.0 Å². The van der Waals surface area contributed by atoms with Gasteiger partial charge >= 0.3 is 0 Å². The lowest BCUT2D eigenvalue weighted by atomic mass is 10.1. The van der Waals surface area contributed by atoms with E-state index in [4.69, 9.17) is 9.47 Å². The number of ether oxygens (including phenoxy) is 2. The fourth-order valence-corrected chi connectivity index (χ4v) is 3.54. The average Bonchev–Trinajstić information content (AvgIpc) is 2.69. The maximum Gasteiger partial charge on any atom is 0.193 e. The molecule has 1 aromatic carbocycles. The van der Waals surface area contributed by atoms with Crippen LogP contribution in [0.25, 0.3) is 0 Å². The first-order valence-electron chi connectivity index (χ1n) is 9.09. The number of piperazine rings is 1. The minimum absolute atomic E-state index is 0.775. The molecule has 146 valence electrons. The molecular formula is C19H32N4O2S. The minimum atomic E-state index is 0.775. The van der Waals surface area contributed by atoms with Gasteiger partial charge in [0, 0.05) is 46.3 Å². The molecule has 1 aliphatic rings. The Bertz CT molecular complexity index is 575. The number of benzene rings is 1. The summed E-state index contributed by atoms with van der Waals surface area (Å²) < 4.78 is 10.7. The summed E-state index contributed by atoms with van der Waals surface area (Å²) in [5.74, 6) is 3.77. The lowest BCUT2D eigenvalue weighted by Gasteiger charge is -2.36. The van der Waals surface area contributed by atoms with Crippen LogP contribution >= 0.6 is 11.8 Å². The topological polar surface area (TPSA) is 49.3 Å². The van der Waals surface area contributed by atoms with Gasteiger partial charge in [-0.15, -0.1) is 0 Å². The van der Waals surface area contributed by atoms with Crippen molar-refractivity contribution < 1.29 is 9.47 Å². The van der Waals surface area contributed by atoms with Gasteiger partial charge < -0.3 is 19.7 Å². The zero-order valence-corrected chi connectivity index (χ0v) is 17.3. The Morgan fingerprint density at radius 3 is 2.50 bits per heavy atom. The number of nitrogens with one attached hydrogen (secondary N) is 1. The summed E-state index contributed by atoms with van der Waals surface area (Å²) >= 11 is 1.89. The largest absolute Gasteiger partial charge is 0.493 e. The molecule has 7 heteroatoms. The zero-order chi connectivity index (χ0) is 18.8. The zero-order valence-electron chi connectivity index (χ0n) is 16.5. The van der Waals surface area contributed by atoms with Gasteiger partial charge in [0.25, 0.3) is 0 Å². The molecule has 0 radical (unpaired) electrons. The van der Waals surface area contributed by atoms with Gasteiger partial charge in [-0.3, -0.25) is 9.89 Å². The summed E-state index contributed by atoms with van der Waals surface area (Å²) in [6, 6.07) is 6.15. The van der Waals surface area contributed by atoms with Gasteiger partial charge in [0.15, 0.2) is 17.5 Å². The van der Waals surface area contributed by atoms with Gasteiger partial charge in [-0.1, -0.05) is 6.07 Å². The highest BCUT2D eigenvalue weighted by molar-refractivity contribution is 7.98. The second-order valence-corrected chi connectivity index (χ2v) is 7.26. The van der Waals surface area contributed by atoms with Crippen molar-refractivity contribution in [2.75, 3.05) is 66.0 Å². The molecule has 1 N–H and O–H groups in total. The van der Waals surface area contributed by atoms with Crippen molar-refractivity contribution in [3.05, 3.63) is 23.8 Å². The summed E-state index contributed by atoms with van der Waals surface area (Å²) in [4.78, 5) is 9.26. The minimum Gasteiger partial charge on any atom is -0.493 e. The molecule has 6 nitrogen and oxygen atoms in total. The molecule has 26 heavy (non-hydrogen) atoms. The summed E-state index contributed by atoms with van der Waals surface area (Å²) in [5, 5.41) is 3.48. The first kappa shape index (κ1) is 20.7. The second-order valence-electron chi connectivity index (χ2n) is 6.27. The Hall–Kier alpha value is -1.60. The van der Waals surface area contributed by atoms with Crippen LogP contribution in [0.2, 0.25) is 0 Å². The van der Waals surface area contributed by atoms with E-state index in [0.717, 1.165) is 56.7 Å². The van der Waals surface area contributed by atoms with E-state index in [1.165, 1.54) is 17.7 Å². The number of hydrogen-bond acceptors (Lipinski definition) is 5. The monoisotopic (exact) mass is 380 g/mol. The molecule has 2 rings (SSSR count). The van der Waals surface area contributed by atoms with E-state index in [-0.39, 0.29) is 0 Å². The molecule has 0 aromatic heterocycles. The van der Waals surface area contributed by atoms with E-state index >= 15 is 0 Å². The van der Waals surface area contributed by atoms with Crippen LogP contribution in [0.3, 0.4) is 0 Å². The number of thioether (sulfide) groups is 1. The van der Waals surface area contributed by atoms with E-state index in [2.05, 4.69) is 38.5 Å². The van der Waals surface area contributed by atoms with E-state index < -0.39 is 0 Å². The molecule has 0 unspecified atom stereocenters. The van der Waals surface area contributed by atoms with Crippen molar-refractivity contribution >= 4 is 17.7 Å². The SMILES string of the molecule is CN=C(NCCCSC)N1CCN(Cc2ccc(OC)c(OC)c2)CC1. The second kappa shape index (κ2) is 11.2. The molecular weight excluding hydrogens is 348 g/mol. The third-order valence-electron chi connectivity index (χ3n) is 4.55. The number of rotatable bonds is 8. The number of guanidine groups is 1. The lowest BCUT2D eigenvalue weighted by Crippen LogP contribution is -2.52. The molecule has 1 aliphatic heterocycles. The van der Waals surface area contributed by atoms with Crippen LogP contribution in [0.5, 0.6) is 11.5 Å². The van der Waals surface area contributed by atoms with E-state index in [0.29, 0.717) is 0 Å². The Balaban J connectivity index is 1.82. The highest BCUT2D eigenvalue weighted by Gasteiger charge is 2.19. The summed E-state index contributed by atoms with van der Waals surface area (Å²) in [5.41, 5.74) is 1.25. The molecule has 1 aromatic rings. The van der Waals surface area contributed by atoms with Crippen LogP contribution in [-0.4, -0.2) is 81.8 Å². The quantitative estimate of drug-likeness (QED) is 0.424. The first-order valence-corrected chi connectivity index (χ1v) is 10.5. The van der Waals surface area contributed by atoms with Crippen molar-refractivity contribution in [2.24, 2.45) is 4.99 Å². The highest BCUT2D eigenvalue weighted by atomic mass is 32.2. The summed E-state index contributed by atoms with van der Waals surface area (Å²) in [6.45, 7) is 5.96. The van der Waals surface area contributed by atoms with Crippen molar-refractivity contribution in [3.8, 4) is 11.5 Å². The number of aliphatic imine (C=N–C) groups is 1. The molecule has 0 saturated carbocycles. The maximum atomic E-state index is 5.41. The maximum absolute atomic E-state index is 5.41. The molecule has 0 aliphatic carbocycles. The van der Waals surface area contributed by atoms with Crippen LogP contribution in [0.4, 0.5) is 0 Å². The Kier molecular flexibility index (Phi) is 8.91. The normalized spacial score (nSPS) is 15.8. The molecule has 0 spiro atoms. The molecule has 1 fully saturated rings. The van der Waals surface area contributed by atoms with Gasteiger partial charge in [-0.05, 0) is 36.1 Å². The van der Waals surface area contributed by atoms with E-state index in [1.807, 2.05) is 24.9 Å². The molecule has 0 bridgehead atoms. The van der Waals surface area contributed by atoms with Crippen LogP contribution in [0.1, 0.15) is 12.0 Å². The Labute approximate surface area is 161 Å². The van der Waals surface area contributed by atoms with Crippen molar-refractivity contribution in [1.29, 1.82) is 0 Å². The fourth-order valence-electron chi connectivity index (χ4n) is 3.10. The van der Waals surface area contributed by atoms with Crippen LogP contribution < -0.4 is 14.8 Å². The Morgan fingerprint density at radius 2 is 1.88 bits per heavy atom. The van der Waals surface area contributed by atoms with Gasteiger partial charge in [-0.25, -0.2) is 0 Å². The predicted molar refractivity (Wildman–Crippen MR) is 111 cm³/mol. The van der Waals surface area contributed by atoms with Gasteiger partial charge in [-0.2, -0.15) is 11.8 Å². The third kappa shape index (κ3) is 5.99. The van der Waals surface area contributed by atoms with E-state index in [1.54, 1.807) is 14.2 Å². The first-order chi connectivity index (χ1) is 12.7. The van der Waals surface area contributed by atoms with Crippen LogP contribution in [0.15, 0.2) is 23.2 Å². The average molecular weight is 381 g/mol. The van der Waals surface area contributed by atoms with E-state index in [9.17, 15) is 0 Å². The van der Waals surface area contributed by atoms with Crippen LogP contribution in [-0.2, 0) is 6.54 Å². The number of nitrogens with zero attached hydrogens (tertiary/aromatic N) is 3. The van der Waals surface area contributed by atoms with Crippen molar-refractivity contribution in [3.63, 3.8) is 0 Å². The lowest BCUT2D eigenvalue weighted by molar-refractivity contribution is 0.172. The molecule has 0 amide bonds. The van der Waals surface area contributed by atoms with Gasteiger partial charge in [0.1, 0.15) is 0 Å². The van der Waals surface area contributed by atoms with Gasteiger partial charge in [0.05, 0.1) is 14.2 Å². The van der Waals surface area contributed by atoms with Crippen molar-refractivity contribution in [1.82, 2.24) is 15.1 Å².